The quantitative estimate of drug-likeness (QED) is 0.0369. The Balaban J connectivity index is 3.22. The second-order valence-corrected chi connectivity index (χ2v) is 17.2. The second-order valence-electron chi connectivity index (χ2n) is 10.9. The summed E-state index contributed by atoms with van der Waals surface area (Å²) in [5.74, 6) is 0.870. The largest absolute Gasteiger partial charge is 0.331 e. The summed E-state index contributed by atoms with van der Waals surface area (Å²) in [5, 5.41) is 0. The molecular formula is C32H66O6S4. The smallest absolute Gasteiger partial charge is 0.282 e. The highest BCUT2D eigenvalue weighted by Crippen LogP contribution is 2.43. The summed E-state index contributed by atoms with van der Waals surface area (Å²) in [5.41, 5.74) is 0. The second kappa shape index (κ2) is 32.1. The molecule has 6 nitrogen and oxygen atoms in total. The van der Waals surface area contributed by atoms with Crippen molar-refractivity contribution in [2.45, 2.75) is 153 Å². The summed E-state index contributed by atoms with van der Waals surface area (Å²) >= 11 is 0. The zero-order chi connectivity index (χ0) is 31.0. The van der Waals surface area contributed by atoms with Gasteiger partial charge in [-0.25, -0.2) is 0 Å². The molecule has 0 aliphatic heterocycles. The Morgan fingerprint density at radius 2 is 0.524 bits per heavy atom. The lowest BCUT2D eigenvalue weighted by molar-refractivity contribution is -0.355. The van der Waals surface area contributed by atoms with E-state index in [4.69, 9.17) is 28.4 Å². The Morgan fingerprint density at radius 1 is 0.310 bits per heavy atom. The Morgan fingerprint density at radius 3 is 0.762 bits per heavy atom. The SMILES string of the molecule is COC(CCCCCCCCCCCCSSSSCCCCCCCCCCCCC(OC)(OC)OC)(OC)OC. The Labute approximate surface area is 275 Å². The van der Waals surface area contributed by atoms with Crippen molar-refractivity contribution in [1.29, 1.82) is 0 Å². The zero-order valence-electron chi connectivity index (χ0n) is 28.1. The molecule has 0 atom stereocenters. The monoisotopic (exact) mass is 674 g/mol. The fourth-order valence-electron chi connectivity index (χ4n) is 5.05. The standard InChI is InChI=1S/C32H66O6S4/c1-33-31(34-2,35-3)27-23-19-15-11-7-9-13-17-21-25-29-39-41-42-40-30-26-22-18-14-10-8-12-16-20-24-28-32(36-4,37-5)38-6/h7-30H2,1-6H3. The van der Waals surface area contributed by atoms with Gasteiger partial charge in [0.1, 0.15) is 0 Å². The summed E-state index contributed by atoms with van der Waals surface area (Å²) < 4.78 is 32.1. The van der Waals surface area contributed by atoms with Crippen LogP contribution in [0.15, 0.2) is 0 Å². The number of hydrogen-bond donors (Lipinski definition) is 0. The van der Waals surface area contributed by atoms with Gasteiger partial charge in [0.2, 0.25) is 0 Å². The van der Waals surface area contributed by atoms with Crippen molar-refractivity contribution in [3.8, 4) is 0 Å². The molecule has 0 heterocycles. The van der Waals surface area contributed by atoms with E-state index in [1.54, 1.807) is 42.7 Å². The van der Waals surface area contributed by atoms with Crippen LogP contribution in [-0.4, -0.2) is 66.1 Å². The molecule has 254 valence electrons. The van der Waals surface area contributed by atoms with Crippen molar-refractivity contribution in [2.75, 3.05) is 54.2 Å². The van der Waals surface area contributed by atoms with E-state index in [2.05, 4.69) is 0 Å². The highest BCUT2D eigenvalue weighted by atomic mass is 33.7. The van der Waals surface area contributed by atoms with Crippen molar-refractivity contribution in [2.24, 2.45) is 0 Å². The lowest BCUT2D eigenvalue weighted by Crippen LogP contribution is -2.35. The molecule has 0 fully saturated rings. The molecule has 0 aromatic rings. The summed E-state index contributed by atoms with van der Waals surface area (Å²) in [6.45, 7) is 0. The molecular weight excluding hydrogens is 609 g/mol. The summed E-state index contributed by atoms with van der Waals surface area (Å²) in [4.78, 5) is 0. The molecule has 0 aliphatic carbocycles. The molecule has 0 bridgehead atoms. The lowest BCUT2D eigenvalue weighted by atomic mass is 10.1. The third-order valence-electron chi connectivity index (χ3n) is 7.91. The maximum Gasteiger partial charge on any atom is 0.282 e. The molecule has 0 radical (unpaired) electrons. The van der Waals surface area contributed by atoms with Crippen molar-refractivity contribution in [3.05, 3.63) is 0 Å². The Hall–Kier alpha value is 1.16. The zero-order valence-corrected chi connectivity index (χ0v) is 31.3. The minimum Gasteiger partial charge on any atom is -0.331 e. The van der Waals surface area contributed by atoms with Crippen molar-refractivity contribution in [3.63, 3.8) is 0 Å². The average Bonchev–Trinajstić information content (AvgIpc) is 3.03. The van der Waals surface area contributed by atoms with Crippen LogP contribution < -0.4 is 0 Å². The molecule has 0 amide bonds. The highest BCUT2D eigenvalue weighted by Gasteiger charge is 2.29. The van der Waals surface area contributed by atoms with E-state index >= 15 is 0 Å². The van der Waals surface area contributed by atoms with E-state index in [1.165, 1.54) is 127 Å². The van der Waals surface area contributed by atoms with E-state index in [1.807, 2.05) is 41.2 Å². The van der Waals surface area contributed by atoms with Gasteiger partial charge in [-0.2, -0.15) is 0 Å². The van der Waals surface area contributed by atoms with E-state index in [0.29, 0.717) is 0 Å². The van der Waals surface area contributed by atoms with Crippen LogP contribution >= 0.6 is 41.2 Å². The summed E-state index contributed by atoms with van der Waals surface area (Å²) in [6.07, 6.45) is 28.0. The van der Waals surface area contributed by atoms with Gasteiger partial charge in [0, 0.05) is 67.0 Å². The van der Waals surface area contributed by atoms with Crippen LogP contribution in [0, 0.1) is 0 Å². The van der Waals surface area contributed by atoms with Gasteiger partial charge >= 0.3 is 0 Å². The number of ether oxygens (including phenoxy) is 6. The molecule has 0 unspecified atom stereocenters. The molecule has 0 aromatic carbocycles. The van der Waals surface area contributed by atoms with Crippen molar-refractivity contribution < 1.29 is 28.4 Å². The van der Waals surface area contributed by atoms with E-state index in [-0.39, 0.29) is 0 Å². The van der Waals surface area contributed by atoms with Gasteiger partial charge in [-0.3, -0.25) is 0 Å². The predicted octanol–water partition coefficient (Wildman–Crippen LogP) is 11.4. The number of rotatable bonds is 35. The molecule has 0 aliphatic rings. The molecule has 42 heavy (non-hydrogen) atoms. The summed E-state index contributed by atoms with van der Waals surface area (Å²) in [7, 11) is 17.9. The van der Waals surface area contributed by atoms with Crippen LogP contribution in [0.5, 0.6) is 0 Å². The van der Waals surface area contributed by atoms with Crippen LogP contribution in [0.1, 0.15) is 141 Å². The number of hydrogen-bond acceptors (Lipinski definition) is 10. The topological polar surface area (TPSA) is 55.4 Å². The average molecular weight is 675 g/mol. The highest BCUT2D eigenvalue weighted by molar-refractivity contribution is 9.26. The molecule has 0 rings (SSSR count). The number of methoxy groups -OCH3 is 6. The third-order valence-corrected chi connectivity index (χ3v) is 14.5. The fourth-order valence-corrected chi connectivity index (χ4v) is 11.3. The first kappa shape index (κ1) is 43.2. The minimum atomic E-state index is -0.855. The number of unbranched alkanes of at least 4 members (excludes halogenated alkanes) is 18. The van der Waals surface area contributed by atoms with E-state index in [0.717, 1.165) is 25.7 Å². The molecule has 0 aromatic heterocycles. The van der Waals surface area contributed by atoms with Crippen LogP contribution in [0.25, 0.3) is 0 Å². The molecule has 0 saturated carbocycles. The van der Waals surface area contributed by atoms with Crippen LogP contribution in [-0.2, 0) is 28.4 Å². The fraction of sp³-hybridized carbons (Fsp3) is 1.00. The predicted molar refractivity (Wildman–Crippen MR) is 189 cm³/mol. The Bertz CT molecular complexity index is 477. The summed E-state index contributed by atoms with van der Waals surface area (Å²) in [6, 6.07) is 0. The molecule has 0 N–H and O–H groups in total. The van der Waals surface area contributed by atoms with E-state index < -0.39 is 11.9 Å². The van der Waals surface area contributed by atoms with Crippen LogP contribution in [0.4, 0.5) is 0 Å². The van der Waals surface area contributed by atoms with Crippen LogP contribution in [0.2, 0.25) is 0 Å². The van der Waals surface area contributed by atoms with Gasteiger partial charge in [-0.15, -0.1) is 0 Å². The van der Waals surface area contributed by atoms with Crippen molar-refractivity contribution >= 4 is 41.2 Å². The lowest BCUT2D eigenvalue weighted by Gasteiger charge is -2.28. The third kappa shape index (κ3) is 24.4. The van der Waals surface area contributed by atoms with Gasteiger partial charge < -0.3 is 28.4 Å². The van der Waals surface area contributed by atoms with E-state index in [9.17, 15) is 0 Å². The first-order chi connectivity index (χ1) is 20.6. The molecule has 0 spiro atoms. The first-order valence-electron chi connectivity index (χ1n) is 16.5. The molecule has 10 heteroatoms. The normalized spacial score (nSPS) is 12.4. The van der Waals surface area contributed by atoms with Crippen LogP contribution in [0.3, 0.4) is 0 Å². The Kier molecular flexibility index (Phi) is 33.0. The van der Waals surface area contributed by atoms with Gasteiger partial charge in [-0.05, 0) is 45.3 Å². The maximum atomic E-state index is 5.35. The van der Waals surface area contributed by atoms with Gasteiger partial charge in [0.05, 0.1) is 0 Å². The first-order valence-corrected chi connectivity index (χ1v) is 21.6. The van der Waals surface area contributed by atoms with Gasteiger partial charge in [-0.1, -0.05) is 124 Å². The van der Waals surface area contributed by atoms with Gasteiger partial charge in [0.25, 0.3) is 11.9 Å². The molecule has 0 saturated heterocycles. The maximum absolute atomic E-state index is 5.35. The minimum absolute atomic E-state index is 0.788. The van der Waals surface area contributed by atoms with Gasteiger partial charge in [0.15, 0.2) is 0 Å². The van der Waals surface area contributed by atoms with Crippen molar-refractivity contribution in [1.82, 2.24) is 0 Å².